The molecule has 0 aromatic heterocycles. The summed E-state index contributed by atoms with van der Waals surface area (Å²) in [5.74, 6) is -0.790. The van der Waals surface area contributed by atoms with E-state index in [-0.39, 0.29) is 12.6 Å². The molecule has 1 aliphatic rings. The number of carboxylic acid groups (broad SMARTS) is 1. The SMILES string of the molecule is CN(C)CCCCNC(=O)NCC1(C(=O)O)CCCC1. The topological polar surface area (TPSA) is 81.7 Å². The molecule has 1 aliphatic carbocycles. The lowest BCUT2D eigenvalue weighted by Gasteiger charge is -2.24. The third kappa shape index (κ3) is 5.36. The molecule has 0 unspecified atom stereocenters. The lowest BCUT2D eigenvalue weighted by molar-refractivity contribution is -0.148. The highest BCUT2D eigenvalue weighted by Gasteiger charge is 2.41. The quantitative estimate of drug-likeness (QED) is 0.587. The molecule has 3 N–H and O–H groups in total. The molecular formula is C14H27N3O3. The Labute approximate surface area is 120 Å². The van der Waals surface area contributed by atoms with Crippen LogP contribution in [-0.2, 0) is 4.79 Å². The Kier molecular flexibility index (Phi) is 6.78. The second-order valence-corrected chi connectivity index (χ2v) is 5.91. The average molecular weight is 285 g/mol. The van der Waals surface area contributed by atoms with E-state index in [1.165, 1.54) is 0 Å². The molecule has 0 radical (unpaired) electrons. The van der Waals surface area contributed by atoms with Crippen molar-refractivity contribution in [1.29, 1.82) is 0 Å². The van der Waals surface area contributed by atoms with Crippen molar-refractivity contribution in [3.63, 3.8) is 0 Å². The number of nitrogens with zero attached hydrogens (tertiary/aromatic N) is 1. The van der Waals surface area contributed by atoms with E-state index in [1.54, 1.807) is 0 Å². The van der Waals surface area contributed by atoms with Crippen LogP contribution in [-0.4, -0.2) is 55.7 Å². The van der Waals surface area contributed by atoms with Crippen molar-refractivity contribution in [2.75, 3.05) is 33.7 Å². The molecule has 0 saturated heterocycles. The maximum atomic E-state index is 11.6. The van der Waals surface area contributed by atoms with Crippen molar-refractivity contribution in [3.05, 3.63) is 0 Å². The zero-order valence-electron chi connectivity index (χ0n) is 12.6. The molecule has 116 valence electrons. The van der Waals surface area contributed by atoms with E-state index in [9.17, 15) is 14.7 Å². The summed E-state index contributed by atoms with van der Waals surface area (Å²) in [5, 5.41) is 14.8. The number of aliphatic carboxylic acids is 1. The normalized spacial score (nSPS) is 17.1. The zero-order chi connectivity index (χ0) is 15.0. The summed E-state index contributed by atoms with van der Waals surface area (Å²) in [6, 6.07) is -0.262. The third-order valence-electron chi connectivity index (χ3n) is 3.92. The van der Waals surface area contributed by atoms with Crippen LogP contribution in [0, 0.1) is 5.41 Å². The number of unbranched alkanes of at least 4 members (excludes halogenated alkanes) is 1. The molecule has 0 aromatic carbocycles. The van der Waals surface area contributed by atoms with Gasteiger partial charge in [0.05, 0.1) is 5.41 Å². The first-order chi connectivity index (χ1) is 9.46. The number of hydrogen-bond acceptors (Lipinski definition) is 3. The third-order valence-corrected chi connectivity index (χ3v) is 3.92. The maximum absolute atomic E-state index is 11.6. The molecule has 1 rings (SSSR count). The van der Waals surface area contributed by atoms with Gasteiger partial charge in [-0.25, -0.2) is 4.79 Å². The van der Waals surface area contributed by atoms with Crippen LogP contribution in [0.4, 0.5) is 4.79 Å². The molecule has 1 saturated carbocycles. The van der Waals surface area contributed by atoms with E-state index in [2.05, 4.69) is 15.5 Å². The van der Waals surface area contributed by atoms with Gasteiger partial charge >= 0.3 is 12.0 Å². The van der Waals surface area contributed by atoms with Crippen LogP contribution < -0.4 is 10.6 Å². The number of hydrogen-bond donors (Lipinski definition) is 3. The summed E-state index contributed by atoms with van der Waals surface area (Å²) in [6.45, 7) is 1.86. The number of carbonyl (C=O) groups is 2. The minimum atomic E-state index is -0.790. The monoisotopic (exact) mass is 285 g/mol. The first kappa shape index (κ1) is 16.8. The summed E-state index contributed by atoms with van der Waals surface area (Å²) in [4.78, 5) is 25.1. The predicted octanol–water partition coefficient (Wildman–Crippen LogP) is 1.27. The second kappa shape index (κ2) is 8.09. The number of amides is 2. The van der Waals surface area contributed by atoms with Crippen LogP contribution in [0.5, 0.6) is 0 Å². The molecule has 0 aromatic rings. The summed E-state index contributed by atoms with van der Waals surface area (Å²) in [6.07, 6.45) is 5.14. The first-order valence-electron chi connectivity index (χ1n) is 7.36. The summed E-state index contributed by atoms with van der Waals surface area (Å²) in [5.41, 5.74) is -0.748. The van der Waals surface area contributed by atoms with Crippen molar-refractivity contribution in [1.82, 2.24) is 15.5 Å². The second-order valence-electron chi connectivity index (χ2n) is 5.91. The first-order valence-corrected chi connectivity index (χ1v) is 7.36. The highest BCUT2D eigenvalue weighted by molar-refractivity contribution is 5.78. The van der Waals surface area contributed by atoms with Crippen molar-refractivity contribution in [2.45, 2.75) is 38.5 Å². The fraction of sp³-hybridized carbons (Fsp3) is 0.857. The van der Waals surface area contributed by atoms with Gasteiger partial charge in [-0.05, 0) is 46.3 Å². The van der Waals surface area contributed by atoms with E-state index in [0.717, 1.165) is 32.2 Å². The van der Waals surface area contributed by atoms with Crippen LogP contribution in [0.1, 0.15) is 38.5 Å². The summed E-state index contributed by atoms with van der Waals surface area (Å²) < 4.78 is 0. The van der Waals surface area contributed by atoms with Crippen LogP contribution >= 0.6 is 0 Å². The Balaban J connectivity index is 2.17. The minimum absolute atomic E-state index is 0.228. The van der Waals surface area contributed by atoms with Gasteiger partial charge in [0, 0.05) is 13.1 Å². The molecular weight excluding hydrogens is 258 g/mol. The van der Waals surface area contributed by atoms with Gasteiger partial charge in [-0.15, -0.1) is 0 Å². The molecule has 0 aliphatic heterocycles. The molecule has 1 fully saturated rings. The van der Waals surface area contributed by atoms with Crippen molar-refractivity contribution >= 4 is 12.0 Å². The lowest BCUT2D eigenvalue weighted by Crippen LogP contribution is -2.45. The number of urea groups is 1. The average Bonchev–Trinajstić information content (AvgIpc) is 2.85. The van der Waals surface area contributed by atoms with Gasteiger partial charge < -0.3 is 20.6 Å². The Morgan fingerprint density at radius 1 is 1.15 bits per heavy atom. The van der Waals surface area contributed by atoms with Gasteiger partial charge in [-0.1, -0.05) is 12.8 Å². The lowest BCUT2D eigenvalue weighted by atomic mass is 9.86. The molecule has 2 amide bonds. The van der Waals surface area contributed by atoms with Gasteiger partial charge in [0.25, 0.3) is 0 Å². The Morgan fingerprint density at radius 2 is 1.80 bits per heavy atom. The highest BCUT2D eigenvalue weighted by Crippen LogP contribution is 2.37. The fourth-order valence-corrected chi connectivity index (χ4v) is 2.58. The largest absolute Gasteiger partial charge is 0.481 e. The Morgan fingerprint density at radius 3 is 2.35 bits per heavy atom. The van der Waals surface area contributed by atoms with Gasteiger partial charge in [-0.2, -0.15) is 0 Å². The number of carboxylic acids is 1. The Bertz CT molecular complexity index is 326. The maximum Gasteiger partial charge on any atom is 0.314 e. The molecule has 6 nitrogen and oxygen atoms in total. The van der Waals surface area contributed by atoms with E-state index >= 15 is 0 Å². The molecule has 0 bridgehead atoms. The molecule has 0 spiro atoms. The van der Waals surface area contributed by atoms with Gasteiger partial charge in [0.1, 0.15) is 0 Å². The van der Waals surface area contributed by atoms with E-state index in [1.807, 2.05) is 14.1 Å². The molecule has 6 heteroatoms. The van der Waals surface area contributed by atoms with Crippen LogP contribution in [0.3, 0.4) is 0 Å². The number of nitrogens with one attached hydrogen (secondary N) is 2. The molecule has 20 heavy (non-hydrogen) atoms. The smallest absolute Gasteiger partial charge is 0.314 e. The van der Waals surface area contributed by atoms with Crippen molar-refractivity contribution in [2.24, 2.45) is 5.41 Å². The van der Waals surface area contributed by atoms with Crippen molar-refractivity contribution < 1.29 is 14.7 Å². The summed E-state index contributed by atoms with van der Waals surface area (Å²) in [7, 11) is 4.04. The minimum Gasteiger partial charge on any atom is -0.481 e. The van der Waals surface area contributed by atoms with Gasteiger partial charge in [-0.3, -0.25) is 4.79 Å². The number of rotatable bonds is 8. The van der Waals surface area contributed by atoms with Crippen LogP contribution in [0.2, 0.25) is 0 Å². The van der Waals surface area contributed by atoms with Crippen LogP contribution in [0.15, 0.2) is 0 Å². The molecule has 0 heterocycles. The van der Waals surface area contributed by atoms with Crippen LogP contribution in [0.25, 0.3) is 0 Å². The summed E-state index contributed by atoms with van der Waals surface area (Å²) >= 11 is 0. The zero-order valence-corrected chi connectivity index (χ0v) is 12.6. The van der Waals surface area contributed by atoms with Gasteiger partial charge in [0.2, 0.25) is 0 Å². The standard InChI is InChI=1S/C14H27N3O3/c1-17(2)10-6-5-9-15-13(20)16-11-14(12(18)19)7-3-4-8-14/h3-11H2,1-2H3,(H,18,19)(H2,15,16,20). The van der Waals surface area contributed by atoms with Gasteiger partial charge in [0.15, 0.2) is 0 Å². The molecule has 0 atom stereocenters. The van der Waals surface area contributed by atoms with E-state index in [0.29, 0.717) is 19.4 Å². The Hall–Kier alpha value is -1.30. The van der Waals surface area contributed by atoms with Crippen molar-refractivity contribution in [3.8, 4) is 0 Å². The predicted molar refractivity (Wildman–Crippen MR) is 77.7 cm³/mol. The highest BCUT2D eigenvalue weighted by atomic mass is 16.4. The van der Waals surface area contributed by atoms with E-state index < -0.39 is 11.4 Å². The number of carbonyl (C=O) groups excluding carboxylic acids is 1. The fourth-order valence-electron chi connectivity index (χ4n) is 2.58. The van der Waals surface area contributed by atoms with E-state index in [4.69, 9.17) is 0 Å².